The fourth-order valence-corrected chi connectivity index (χ4v) is 6.01. The van der Waals surface area contributed by atoms with E-state index in [0.717, 1.165) is 13.1 Å². The molecule has 2 saturated heterocycles. The summed E-state index contributed by atoms with van der Waals surface area (Å²) in [5, 5.41) is 14.4. The average molecular weight is 688 g/mol. The van der Waals surface area contributed by atoms with Crippen LogP contribution in [-0.2, 0) is 0 Å². The Balaban J connectivity index is 0.000000219. The van der Waals surface area contributed by atoms with Gasteiger partial charge in [-0.2, -0.15) is 45.6 Å². The quantitative estimate of drug-likeness (QED) is 0.282. The van der Waals surface area contributed by atoms with Gasteiger partial charge in [-0.3, -0.25) is 0 Å². The van der Waals surface area contributed by atoms with Crippen LogP contribution in [0.1, 0.15) is 94.2 Å². The van der Waals surface area contributed by atoms with Gasteiger partial charge in [-0.25, -0.2) is 34.6 Å². The molecule has 0 amide bonds. The third-order valence-corrected chi connectivity index (χ3v) is 9.81. The van der Waals surface area contributed by atoms with Crippen molar-refractivity contribution in [3.05, 3.63) is 95.5 Å². The van der Waals surface area contributed by atoms with Crippen molar-refractivity contribution in [1.29, 1.82) is 0 Å². The van der Waals surface area contributed by atoms with Gasteiger partial charge in [0.1, 0.15) is 0 Å². The Morgan fingerprint density at radius 2 is 1.23 bits per heavy atom. The zero-order chi connectivity index (χ0) is 28.0. The predicted molar refractivity (Wildman–Crippen MR) is 168 cm³/mol. The van der Waals surface area contributed by atoms with Gasteiger partial charge < -0.3 is 43.8 Å². The predicted octanol–water partition coefficient (Wildman–Crippen LogP) is 9.93. The van der Waals surface area contributed by atoms with Gasteiger partial charge in [0.15, 0.2) is 0 Å². The van der Waals surface area contributed by atoms with E-state index >= 15 is 0 Å². The molecule has 2 aromatic rings. The van der Waals surface area contributed by atoms with Gasteiger partial charge in [-0.15, -0.1) is 25.2 Å². The van der Waals surface area contributed by atoms with E-state index in [0.29, 0.717) is 18.1 Å². The van der Waals surface area contributed by atoms with E-state index in [1.807, 2.05) is 0 Å². The van der Waals surface area contributed by atoms with E-state index in [2.05, 4.69) is 92.8 Å². The van der Waals surface area contributed by atoms with Crippen LogP contribution in [0.2, 0.25) is 0 Å². The number of piperidine rings is 2. The molecule has 0 N–H and O–H groups in total. The molecule has 3 atom stereocenters. The smallest absolute Gasteiger partial charge is 0 e. The van der Waals surface area contributed by atoms with Crippen LogP contribution in [0.3, 0.4) is 0 Å². The monoisotopic (exact) mass is 688 g/mol. The molecule has 2 fully saturated rings. The maximum atomic E-state index is 5.04. The fourth-order valence-electron chi connectivity index (χ4n) is 6.01. The van der Waals surface area contributed by atoms with Crippen LogP contribution in [0.15, 0.2) is 23.9 Å². The largest absolute Gasteiger partial charge is 0.731 e. The summed E-state index contributed by atoms with van der Waals surface area (Å²) >= 11 is 0. The Bertz CT molecular complexity index is 907. The number of hydrogen-bond acceptors (Lipinski definition) is 0. The Kier molecular flexibility index (Phi) is 14.3. The van der Waals surface area contributed by atoms with Crippen LogP contribution in [0.25, 0.3) is 16.0 Å². The van der Waals surface area contributed by atoms with Crippen molar-refractivity contribution in [2.75, 3.05) is 13.1 Å². The van der Waals surface area contributed by atoms with Gasteiger partial charge in [0, 0.05) is 46.9 Å². The summed E-state index contributed by atoms with van der Waals surface area (Å²) in [5.41, 5.74) is 15.9. The van der Waals surface area contributed by atoms with Crippen molar-refractivity contribution >= 4 is 0 Å². The molecule has 3 nitrogen and oxygen atoms in total. The molecule has 3 aliphatic rings. The first-order chi connectivity index (χ1) is 18.0. The molecular formula is C35H52N3Yb-9. The minimum atomic E-state index is 0. The number of allylic oxidation sites excluding steroid dienone is 2. The maximum absolute atomic E-state index is 5.04. The van der Waals surface area contributed by atoms with E-state index in [-0.39, 0.29) is 46.9 Å². The van der Waals surface area contributed by atoms with Crippen molar-refractivity contribution in [1.82, 2.24) is 0 Å². The topological polar surface area (TPSA) is 42.3 Å². The molecule has 0 spiro atoms. The first-order valence-corrected chi connectivity index (χ1v) is 14.8. The molecule has 0 aromatic heterocycles. The molecule has 0 radical (unpaired) electrons. The molecule has 0 saturated carbocycles. The van der Waals surface area contributed by atoms with Gasteiger partial charge in [0.2, 0.25) is 0 Å². The van der Waals surface area contributed by atoms with Crippen molar-refractivity contribution in [2.45, 2.75) is 126 Å². The van der Waals surface area contributed by atoms with Gasteiger partial charge >= 0.3 is 0 Å². The summed E-state index contributed by atoms with van der Waals surface area (Å²) < 4.78 is 0. The molecule has 0 bridgehead atoms. The Labute approximate surface area is 279 Å². The second-order valence-electron chi connectivity index (χ2n) is 11.7. The van der Waals surface area contributed by atoms with Crippen molar-refractivity contribution in [2.24, 2.45) is 0 Å². The second-order valence-corrected chi connectivity index (χ2v) is 11.7. The zero-order valence-corrected chi connectivity index (χ0v) is 27.9. The van der Waals surface area contributed by atoms with E-state index in [9.17, 15) is 0 Å². The van der Waals surface area contributed by atoms with E-state index in [4.69, 9.17) is 10.6 Å². The average Bonchev–Trinajstić information content (AvgIpc) is 3.24. The van der Waals surface area contributed by atoms with Gasteiger partial charge in [-0.1, -0.05) is 85.3 Å². The van der Waals surface area contributed by atoms with Gasteiger partial charge in [0.25, 0.3) is 0 Å². The van der Waals surface area contributed by atoms with Crippen LogP contribution >= 0.6 is 0 Å². The van der Waals surface area contributed by atoms with Crippen LogP contribution in [0.5, 0.6) is 0 Å². The van der Waals surface area contributed by atoms with E-state index in [1.165, 1.54) is 99.9 Å². The van der Waals surface area contributed by atoms with Crippen LogP contribution in [0.4, 0.5) is 0 Å². The SMILES string of the molecule is C1=CC[N-]C(C2CCCC(C3CCCC[N-]3)[N-]2)=C1.C[c-]1[c-](C)[c-](C)[c-](C)[c-]1C.Cc1c(C)c(C)[c-](C)c1C.[Yb]. The Morgan fingerprint density at radius 3 is 1.64 bits per heavy atom. The van der Waals surface area contributed by atoms with Gasteiger partial charge in [0.05, 0.1) is 0 Å². The summed E-state index contributed by atoms with van der Waals surface area (Å²) in [5.74, 6) is 0. The van der Waals surface area contributed by atoms with Crippen molar-refractivity contribution in [3.63, 3.8) is 0 Å². The van der Waals surface area contributed by atoms with Crippen molar-refractivity contribution < 1.29 is 46.9 Å². The fraction of sp³-hybridized carbons (Fsp3) is 0.600. The zero-order valence-electron chi connectivity index (χ0n) is 26.2. The number of hydrogen-bond donors (Lipinski definition) is 0. The standard InChI is InChI=1S/C15H22N3.2C10H15.Yb/c1-3-10-16-12(6-1)14-8-5-9-15(18-14)13-7-2-4-11-17-13;2*1-6-7(2)9(4)10(5)8(6)3;/h1,3,6,13-15H,2,4-5,7-11H2;2*1-5H3;/q-3;-5;-1;. The first-order valence-electron chi connectivity index (χ1n) is 14.8. The van der Waals surface area contributed by atoms with E-state index < -0.39 is 0 Å². The molecule has 0 aliphatic carbocycles. The number of nitrogens with zero attached hydrogens (tertiary/aromatic N) is 3. The summed E-state index contributed by atoms with van der Waals surface area (Å²) in [4.78, 5) is 0. The molecule has 3 aliphatic heterocycles. The molecule has 3 unspecified atom stereocenters. The summed E-state index contributed by atoms with van der Waals surface area (Å²) in [7, 11) is 0. The van der Waals surface area contributed by atoms with Crippen molar-refractivity contribution in [3.8, 4) is 0 Å². The minimum absolute atomic E-state index is 0. The second kappa shape index (κ2) is 16.2. The van der Waals surface area contributed by atoms with Crippen LogP contribution in [0, 0.1) is 116 Å². The van der Waals surface area contributed by atoms with Crippen LogP contribution in [-0.4, -0.2) is 31.2 Å². The minimum Gasteiger partial charge on any atom is -0.731 e. The first kappa shape index (κ1) is 34.6. The normalized spacial score (nSPS) is 22.4. The molecule has 5 rings (SSSR count). The Morgan fingerprint density at radius 1 is 0.692 bits per heavy atom. The molecule has 2 aromatic carbocycles. The Hall–Kier alpha value is -0.581. The van der Waals surface area contributed by atoms with E-state index in [1.54, 1.807) is 0 Å². The third kappa shape index (κ3) is 8.71. The maximum Gasteiger partial charge on any atom is 0 e. The molecule has 230 valence electrons. The number of rotatable bonds is 2. The summed E-state index contributed by atoms with van der Waals surface area (Å²) in [6, 6.07) is 1.30. The summed E-state index contributed by atoms with van der Waals surface area (Å²) in [6.45, 7) is 23.9. The van der Waals surface area contributed by atoms with Crippen LogP contribution < -0.4 is 0 Å². The molecule has 3 heterocycles. The molecule has 39 heavy (non-hydrogen) atoms. The van der Waals surface area contributed by atoms with Gasteiger partial charge in [-0.05, 0) is 0 Å². The third-order valence-electron chi connectivity index (χ3n) is 9.81. The molecule has 4 heteroatoms. The summed E-state index contributed by atoms with van der Waals surface area (Å²) in [6.07, 6.45) is 13.9. The molecular weight excluding hydrogens is 635 g/mol.